The van der Waals surface area contributed by atoms with E-state index in [4.69, 9.17) is 6.42 Å². The molecule has 1 aromatic heterocycles. The van der Waals surface area contributed by atoms with Crippen LogP contribution in [0.4, 0.5) is 5.69 Å². The second-order valence-electron chi connectivity index (χ2n) is 4.22. The fourth-order valence-electron chi connectivity index (χ4n) is 2.05. The molecule has 2 aromatic carbocycles. The minimum atomic E-state index is -0.508. The Kier molecular flexibility index (Phi) is 2.74. The first-order valence-electron chi connectivity index (χ1n) is 5.72. The summed E-state index contributed by atoms with van der Waals surface area (Å²) in [7, 11) is 0. The summed E-state index contributed by atoms with van der Waals surface area (Å²) in [5.74, 6) is 2.48. The van der Waals surface area contributed by atoms with Gasteiger partial charge in [0.1, 0.15) is 0 Å². The third kappa shape index (κ3) is 1.83. The Morgan fingerprint density at radius 3 is 2.40 bits per heavy atom. The monoisotopic (exact) mass is 281 g/mol. The number of non-ortho nitro benzene ring substituents is 1. The number of rotatable bonds is 1. The first-order valence-corrected chi connectivity index (χ1v) is 6.53. The van der Waals surface area contributed by atoms with Crippen molar-refractivity contribution in [2.45, 2.75) is 0 Å². The van der Waals surface area contributed by atoms with Crippen LogP contribution >= 0.6 is 11.3 Å². The molecule has 0 saturated carbocycles. The molecular formula is C15H7NO3S. The van der Waals surface area contributed by atoms with Gasteiger partial charge in [0, 0.05) is 37.9 Å². The maximum Gasteiger partial charge on any atom is 0.270 e. The SMILES string of the molecule is C#Cc1ccc2sc3ccc([N+](=O)[O-])cc3c(=O)c2c1. The van der Waals surface area contributed by atoms with Crippen molar-refractivity contribution in [3.05, 3.63) is 62.3 Å². The third-order valence-corrected chi connectivity index (χ3v) is 4.18. The minimum Gasteiger partial charge on any atom is -0.288 e. The topological polar surface area (TPSA) is 60.2 Å². The van der Waals surface area contributed by atoms with Crippen LogP contribution in [0.2, 0.25) is 0 Å². The summed E-state index contributed by atoms with van der Waals surface area (Å²) in [6.07, 6.45) is 5.33. The van der Waals surface area contributed by atoms with Crippen molar-refractivity contribution < 1.29 is 4.92 Å². The Labute approximate surface area is 117 Å². The van der Waals surface area contributed by atoms with E-state index in [1.54, 1.807) is 24.3 Å². The van der Waals surface area contributed by atoms with Crippen LogP contribution in [0.3, 0.4) is 0 Å². The number of hydrogen-bond donors (Lipinski definition) is 0. The van der Waals surface area contributed by atoms with Gasteiger partial charge < -0.3 is 0 Å². The normalized spacial score (nSPS) is 10.6. The number of terminal acetylenes is 1. The molecule has 0 saturated heterocycles. The molecule has 0 fully saturated rings. The molecule has 20 heavy (non-hydrogen) atoms. The molecule has 0 radical (unpaired) electrons. The Bertz CT molecular complexity index is 966. The number of fused-ring (bicyclic) bond motifs is 2. The highest BCUT2D eigenvalue weighted by Gasteiger charge is 2.11. The van der Waals surface area contributed by atoms with Gasteiger partial charge in [-0.2, -0.15) is 0 Å². The number of nitrogens with zero attached hydrogens (tertiary/aromatic N) is 1. The molecule has 4 nitrogen and oxygen atoms in total. The molecule has 96 valence electrons. The van der Waals surface area contributed by atoms with Crippen molar-refractivity contribution in [3.63, 3.8) is 0 Å². The molecule has 3 rings (SSSR count). The quantitative estimate of drug-likeness (QED) is 0.297. The van der Waals surface area contributed by atoms with E-state index in [0.717, 1.165) is 9.40 Å². The average Bonchev–Trinajstić information content (AvgIpc) is 2.47. The highest BCUT2D eigenvalue weighted by molar-refractivity contribution is 7.24. The zero-order valence-corrected chi connectivity index (χ0v) is 10.9. The van der Waals surface area contributed by atoms with Crippen LogP contribution in [0.1, 0.15) is 5.56 Å². The van der Waals surface area contributed by atoms with Gasteiger partial charge in [-0.15, -0.1) is 17.8 Å². The molecule has 0 unspecified atom stereocenters. The van der Waals surface area contributed by atoms with E-state index < -0.39 is 4.92 Å². The molecule has 0 atom stereocenters. The van der Waals surface area contributed by atoms with E-state index in [0.29, 0.717) is 16.3 Å². The molecule has 0 spiro atoms. The van der Waals surface area contributed by atoms with Crippen LogP contribution in [-0.2, 0) is 0 Å². The van der Waals surface area contributed by atoms with Gasteiger partial charge in [0.2, 0.25) is 0 Å². The zero-order valence-electron chi connectivity index (χ0n) is 10.1. The predicted molar refractivity (Wildman–Crippen MR) is 80.2 cm³/mol. The molecule has 0 aliphatic heterocycles. The molecule has 0 aliphatic carbocycles. The van der Waals surface area contributed by atoms with E-state index in [9.17, 15) is 14.9 Å². The van der Waals surface area contributed by atoms with Gasteiger partial charge in [-0.3, -0.25) is 14.9 Å². The van der Waals surface area contributed by atoms with Crippen molar-refractivity contribution in [2.24, 2.45) is 0 Å². The number of nitro groups is 1. The van der Waals surface area contributed by atoms with Crippen molar-refractivity contribution in [1.82, 2.24) is 0 Å². The van der Waals surface area contributed by atoms with E-state index in [1.807, 2.05) is 0 Å². The van der Waals surface area contributed by atoms with Gasteiger partial charge in [-0.1, -0.05) is 5.92 Å². The lowest BCUT2D eigenvalue weighted by atomic mass is 10.1. The van der Waals surface area contributed by atoms with Gasteiger partial charge in [-0.05, 0) is 24.3 Å². The molecule has 0 amide bonds. The summed E-state index contributed by atoms with van der Waals surface area (Å²) < 4.78 is 1.54. The van der Waals surface area contributed by atoms with E-state index in [2.05, 4.69) is 5.92 Å². The summed E-state index contributed by atoms with van der Waals surface area (Å²) in [5, 5.41) is 11.7. The third-order valence-electron chi connectivity index (χ3n) is 3.03. The van der Waals surface area contributed by atoms with E-state index in [1.165, 1.54) is 23.5 Å². The lowest BCUT2D eigenvalue weighted by Crippen LogP contribution is -2.02. The maximum absolute atomic E-state index is 12.4. The van der Waals surface area contributed by atoms with Gasteiger partial charge >= 0.3 is 0 Å². The minimum absolute atomic E-state index is 0.0887. The second-order valence-corrected chi connectivity index (χ2v) is 5.31. The van der Waals surface area contributed by atoms with E-state index >= 15 is 0 Å². The highest BCUT2D eigenvalue weighted by atomic mass is 32.1. The first-order chi connectivity index (χ1) is 9.60. The van der Waals surface area contributed by atoms with Crippen LogP contribution in [-0.4, -0.2) is 4.92 Å². The standard InChI is InChI=1S/C15H7NO3S/c1-2-9-3-5-13-11(7-9)15(17)12-8-10(16(18)19)4-6-14(12)20-13/h1,3-8H. The van der Waals surface area contributed by atoms with Crippen molar-refractivity contribution in [3.8, 4) is 12.3 Å². The summed E-state index contributed by atoms with van der Waals surface area (Å²) in [6.45, 7) is 0. The predicted octanol–water partition coefficient (Wildman–Crippen LogP) is 3.30. The van der Waals surface area contributed by atoms with Crippen LogP contribution in [0.5, 0.6) is 0 Å². The lowest BCUT2D eigenvalue weighted by molar-refractivity contribution is -0.384. The second kappa shape index (κ2) is 4.44. The highest BCUT2D eigenvalue weighted by Crippen LogP contribution is 2.27. The summed E-state index contributed by atoms with van der Waals surface area (Å²) in [5.41, 5.74) is 0.301. The Morgan fingerprint density at radius 1 is 1.10 bits per heavy atom. The molecule has 0 aliphatic rings. The fraction of sp³-hybridized carbons (Fsp3) is 0. The largest absolute Gasteiger partial charge is 0.288 e. The van der Waals surface area contributed by atoms with E-state index in [-0.39, 0.29) is 11.1 Å². The summed E-state index contributed by atoms with van der Waals surface area (Å²) >= 11 is 1.41. The summed E-state index contributed by atoms with van der Waals surface area (Å²) in [4.78, 5) is 22.7. The van der Waals surface area contributed by atoms with Gasteiger partial charge in [0.25, 0.3) is 5.69 Å². The Hall–Kier alpha value is -2.71. The molecule has 0 bridgehead atoms. The first kappa shape index (κ1) is 12.3. The zero-order chi connectivity index (χ0) is 14.3. The Morgan fingerprint density at radius 2 is 1.75 bits per heavy atom. The molecule has 0 N–H and O–H groups in total. The van der Waals surface area contributed by atoms with Crippen LogP contribution in [0.25, 0.3) is 20.2 Å². The van der Waals surface area contributed by atoms with Crippen molar-refractivity contribution in [1.29, 1.82) is 0 Å². The molecule has 3 aromatic rings. The van der Waals surface area contributed by atoms with Gasteiger partial charge in [0.15, 0.2) is 5.43 Å². The lowest BCUT2D eigenvalue weighted by Gasteiger charge is -2.01. The van der Waals surface area contributed by atoms with Crippen molar-refractivity contribution in [2.75, 3.05) is 0 Å². The molecule has 1 heterocycles. The number of benzene rings is 2. The van der Waals surface area contributed by atoms with Crippen LogP contribution in [0.15, 0.2) is 41.2 Å². The average molecular weight is 281 g/mol. The van der Waals surface area contributed by atoms with Gasteiger partial charge in [-0.25, -0.2) is 0 Å². The van der Waals surface area contributed by atoms with Crippen LogP contribution < -0.4 is 5.43 Å². The molecule has 5 heteroatoms. The number of nitro benzene ring substituents is 1. The fourth-order valence-corrected chi connectivity index (χ4v) is 3.08. The molecular weight excluding hydrogens is 274 g/mol. The van der Waals surface area contributed by atoms with Crippen molar-refractivity contribution >= 4 is 37.2 Å². The Balaban J connectivity index is 2.46. The smallest absolute Gasteiger partial charge is 0.270 e. The van der Waals surface area contributed by atoms with Gasteiger partial charge in [0.05, 0.1) is 4.92 Å². The maximum atomic E-state index is 12.4. The summed E-state index contributed by atoms with van der Waals surface area (Å²) in [6, 6.07) is 9.55. The van der Waals surface area contributed by atoms with Crippen LogP contribution in [0, 0.1) is 22.5 Å². The number of hydrogen-bond acceptors (Lipinski definition) is 4.